The van der Waals surface area contributed by atoms with E-state index in [1.807, 2.05) is 12.1 Å². The van der Waals surface area contributed by atoms with E-state index >= 15 is 0 Å². The number of rotatable bonds is 5. The van der Waals surface area contributed by atoms with E-state index in [1.54, 1.807) is 25.3 Å². The van der Waals surface area contributed by atoms with E-state index in [4.69, 9.17) is 16.3 Å². The number of nitrogens with zero attached hydrogens (tertiary/aromatic N) is 3. The maximum atomic E-state index is 13.3. The van der Waals surface area contributed by atoms with Gasteiger partial charge in [-0.05, 0) is 48.5 Å². The van der Waals surface area contributed by atoms with Crippen LogP contribution in [0.1, 0.15) is 5.82 Å². The Kier molecular flexibility index (Phi) is 5.20. The first-order chi connectivity index (χ1) is 14.4. The zero-order valence-electron chi connectivity index (χ0n) is 15.6. The van der Waals surface area contributed by atoms with E-state index in [0.717, 1.165) is 11.6 Å². The first-order valence-corrected chi connectivity index (χ1v) is 9.19. The average Bonchev–Trinajstić information content (AvgIpc) is 3.19. The number of carbonyl (C=O) groups excluding carboxylic acids is 1. The van der Waals surface area contributed by atoms with Crippen LogP contribution in [0.2, 0.25) is 5.02 Å². The van der Waals surface area contributed by atoms with E-state index in [2.05, 4.69) is 20.6 Å². The molecule has 4 rings (SSSR count). The molecule has 10 heteroatoms. The highest BCUT2D eigenvalue weighted by Crippen LogP contribution is 2.22. The molecule has 2 N–H and O–H groups in total. The summed E-state index contributed by atoms with van der Waals surface area (Å²) < 4.78 is 19.7. The van der Waals surface area contributed by atoms with Crippen LogP contribution in [0.3, 0.4) is 0 Å². The van der Waals surface area contributed by atoms with Gasteiger partial charge in [0.05, 0.1) is 24.2 Å². The number of aromatic amines is 1. The predicted octanol–water partition coefficient (Wildman–Crippen LogP) is 3.07. The molecule has 0 unspecified atom stereocenters. The van der Waals surface area contributed by atoms with Gasteiger partial charge in [0, 0.05) is 11.3 Å². The number of ether oxygens (including phenoxy) is 1. The lowest BCUT2D eigenvalue weighted by atomic mass is 10.1. The third-order valence-electron chi connectivity index (χ3n) is 4.38. The molecule has 0 aliphatic heterocycles. The highest BCUT2D eigenvalue weighted by Gasteiger charge is 2.15. The zero-order chi connectivity index (χ0) is 21.3. The fourth-order valence-electron chi connectivity index (χ4n) is 2.90. The summed E-state index contributed by atoms with van der Waals surface area (Å²) in [5, 5.41) is 13.3. The van der Waals surface area contributed by atoms with Gasteiger partial charge in [0.1, 0.15) is 17.1 Å². The quantitative estimate of drug-likeness (QED) is 0.509. The van der Waals surface area contributed by atoms with Gasteiger partial charge >= 0.3 is 0 Å². The SMILES string of the molecule is COc1ccc(-c2cc3c(=O)[nH]nc(CC(=O)Nc4ccc(F)c(Cl)c4)n3n2)cc1. The minimum Gasteiger partial charge on any atom is -0.497 e. The van der Waals surface area contributed by atoms with Gasteiger partial charge in [-0.3, -0.25) is 9.59 Å². The van der Waals surface area contributed by atoms with E-state index in [9.17, 15) is 14.0 Å². The fraction of sp³-hybridized carbons (Fsp3) is 0.100. The Balaban J connectivity index is 1.63. The van der Waals surface area contributed by atoms with Crippen LogP contribution in [0.5, 0.6) is 5.75 Å². The molecule has 4 aromatic rings. The van der Waals surface area contributed by atoms with Gasteiger partial charge in [-0.25, -0.2) is 14.0 Å². The summed E-state index contributed by atoms with van der Waals surface area (Å²) in [6, 6.07) is 12.7. The maximum absolute atomic E-state index is 13.3. The van der Waals surface area contributed by atoms with Crippen LogP contribution in [0.25, 0.3) is 16.8 Å². The maximum Gasteiger partial charge on any atom is 0.290 e. The van der Waals surface area contributed by atoms with E-state index in [0.29, 0.717) is 17.1 Å². The number of anilines is 1. The van der Waals surface area contributed by atoms with Crippen molar-refractivity contribution < 1.29 is 13.9 Å². The van der Waals surface area contributed by atoms with Crippen LogP contribution in [0, 0.1) is 5.82 Å². The van der Waals surface area contributed by atoms with Crippen molar-refractivity contribution in [1.29, 1.82) is 0 Å². The summed E-state index contributed by atoms with van der Waals surface area (Å²) in [4.78, 5) is 24.6. The van der Waals surface area contributed by atoms with Crippen molar-refractivity contribution in [1.82, 2.24) is 19.8 Å². The molecule has 0 spiro atoms. The number of hydrogen-bond acceptors (Lipinski definition) is 5. The van der Waals surface area contributed by atoms with Crippen molar-refractivity contribution in [3.63, 3.8) is 0 Å². The second-order valence-corrected chi connectivity index (χ2v) is 6.79. The molecule has 1 amide bonds. The lowest BCUT2D eigenvalue weighted by Gasteiger charge is -2.06. The zero-order valence-corrected chi connectivity index (χ0v) is 16.4. The highest BCUT2D eigenvalue weighted by molar-refractivity contribution is 6.31. The lowest BCUT2D eigenvalue weighted by molar-refractivity contribution is -0.115. The molecule has 0 radical (unpaired) electrons. The van der Waals surface area contributed by atoms with E-state index in [-0.39, 0.29) is 22.8 Å². The van der Waals surface area contributed by atoms with Gasteiger partial charge < -0.3 is 10.1 Å². The molecule has 0 fully saturated rings. The van der Waals surface area contributed by atoms with Crippen LogP contribution in [0.4, 0.5) is 10.1 Å². The third kappa shape index (κ3) is 3.87. The van der Waals surface area contributed by atoms with Crippen LogP contribution in [0.15, 0.2) is 53.3 Å². The topological polar surface area (TPSA) is 101 Å². The Labute approximate surface area is 174 Å². The Bertz CT molecular complexity index is 1300. The number of fused-ring (bicyclic) bond motifs is 1. The highest BCUT2D eigenvalue weighted by atomic mass is 35.5. The number of nitrogens with one attached hydrogen (secondary N) is 2. The molecule has 152 valence electrons. The number of amides is 1. The molecular formula is C20H15ClFN5O3. The minimum atomic E-state index is -0.582. The van der Waals surface area contributed by atoms with Crippen molar-refractivity contribution in [2.45, 2.75) is 6.42 Å². The average molecular weight is 428 g/mol. The van der Waals surface area contributed by atoms with Crippen molar-refractivity contribution >= 4 is 28.7 Å². The van der Waals surface area contributed by atoms with Crippen LogP contribution >= 0.6 is 11.6 Å². The molecule has 2 aromatic carbocycles. The monoisotopic (exact) mass is 427 g/mol. The molecule has 0 saturated heterocycles. The molecule has 2 aromatic heterocycles. The smallest absolute Gasteiger partial charge is 0.290 e. The standard InChI is InChI=1S/C20H15ClFN5O3/c1-30-13-5-2-11(3-6-13)16-9-17-20(29)25-24-18(27(17)26-16)10-19(28)23-12-4-7-15(22)14(21)8-12/h2-9H,10H2,1H3,(H,23,28)(H,25,29). The number of aromatic nitrogens is 4. The van der Waals surface area contributed by atoms with Crippen LogP contribution < -0.4 is 15.6 Å². The Morgan fingerprint density at radius 3 is 2.70 bits per heavy atom. The lowest BCUT2D eigenvalue weighted by Crippen LogP contribution is -2.22. The molecule has 0 aliphatic carbocycles. The van der Waals surface area contributed by atoms with Gasteiger partial charge in [0.15, 0.2) is 5.82 Å². The second-order valence-electron chi connectivity index (χ2n) is 6.38. The largest absolute Gasteiger partial charge is 0.497 e. The van der Waals surface area contributed by atoms with Gasteiger partial charge in [-0.15, -0.1) is 0 Å². The van der Waals surface area contributed by atoms with Gasteiger partial charge in [0.2, 0.25) is 5.91 Å². The Morgan fingerprint density at radius 1 is 1.23 bits per heavy atom. The summed E-state index contributed by atoms with van der Waals surface area (Å²) in [5.41, 5.74) is 1.48. The van der Waals surface area contributed by atoms with Gasteiger partial charge in [-0.1, -0.05) is 11.6 Å². The summed E-state index contributed by atoms with van der Waals surface area (Å²) in [6.07, 6.45) is -0.175. The van der Waals surface area contributed by atoms with Crippen molar-refractivity contribution in [3.8, 4) is 17.0 Å². The molecule has 0 atom stereocenters. The van der Waals surface area contributed by atoms with Crippen LogP contribution in [-0.2, 0) is 11.2 Å². The molecule has 2 heterocycles. The predicted molar refractivity (Wildman–Crippen MR) is 109 cm³/mol. The molecular weight excluding hydrogens is 413 g/mol. The van der Waals surface area contributed by atoms with Crippen molar-refractivity contribution in [2.75, 3.05) is 12.4 Å². The Hall–Kier alpha value is -3.72. The Morgan fingerprint density at radius 2 is 2.00 bits per heavy atom. The number of halogens is 2. The number of H-pyrrole nitrogens is 1. The first-order valence-electron chi connectivity index (χ1n) is 8.81. The molecule has 8 nitrogen and oxygen atoms in total. The van der Waals surface area contributed by atoms with Crippen LogP contribution in [-0.4, -0.2) is 32.8 Å². The minimum absolute atomic E-state index is 0.103. The number of hydrogen-bond donors (Lipinski definition) is 2. The summed E-state index contributed by atoms with van der Waals surface area (Å²) in [5.74, 6) is -0.0864. The van der Waals surface area contributed by atoms with Gasteiger partial charge in [-0.2, -0.15) is 10.2 Å². The normalized spacial score (nSPS) is 10.9. The van der Waals surface area contributed by atoms with Crippen molar-refractivity contribution in [2.24, 2.45) is 0 Å². The van der Waals surface area contributed by atoms with Gasteiger partial charge in [0.25, 0.3) is 5.56 Å². The summed E-state index contributed by atoms with van der Waals surface area (Å²) in [6.45, 7) is 0. The van der Waals surface area contributed by atoms with Crippen molar-refractivity contribution in [3.05, 3.63) is 75.5 Å². The molecule has 0 aliphatic rings. The molecule has 0 saturated carbocycles. The molecule has 0 bridgehead atoms. The molecule has 30 heavy (non-hydrogen) atoms. The second kappa shape index (κ2) is 7.96. The third-order valence-corrected chi connectivity index (χ3v) is 4.67. The number of benzene rings is 2. The van der Waals surface area contributed by atoms with E-state index in [1.165, 1.54) is 16.6 Å². The number of carbonyl (C=O) groups is 1. The first kappa shape index (κ1) is 19.6. The van der Waals surface area contributed by atoms with E-state index < -0.39 is 17.3 Å². The summed E-state index contributed by atoms with van der Waals surface area (Å²) in [7, 11) is 1.57. The number of methoxy groups -OCH3 is 1. The fourth-order valence-corrected chi connectivity index (χ4v) is 3.08. The summed E-state index contributed by atoms with van der Waals surface area (Å²) >= 11 is 5.73.